The molecule has 0 radical (unpaired) electrons. The maximum atomic E-state index is 12.8. The zero-order valence-corrected chi connectivity index (χ0v) is 19.5. The van der Waals surface area contributed by atoms with Crippen LogP contribution in [-0.2, 0) is 17.6 Å². The summed E-state index contributed by atoms with van der Waals surface area (Å²) in [5, 5.41) is 3.21. The number of nitrogens with one attached hydrogen (secondary N) is 1. The van der Waals surface area contributed by atoms with E-state index in [9.17, 15) is 4.79 Å². The van der Waals surface area contributed by atoms with E-state index in [1.54, 1.807) is 14.2 Å². The molecule has 2 aliphatic rings. The van der Waals surface area contributed by atoms with Gasteiger partial charge in [-0.2, -0.15) is 0 Å². The molecule has 2 aliphatic heterocycles. The second-order valence-corrected chi connectivity index (χ2v) is 8.84. The highest BCUT2D eigenvalue weighted by Gasteiger charge is 2.25. The average Bonchev–Trinajstić information content (AvgIpc) is 3.20. The summed E-state index contributed by atoms with van der Waals surface area (Å²) < 4.78 is 10.7. The van der Waals surface area contributed by atoms with Gasteiger partial charge in [-0.1, -0.05) is 24.6 Å². The number of carbonyl (C=O) groups is 1. The van der Waals surface area contributed by atoms with Crippen LogP contribution in [0.25, 0.3) is 0 Å². The Bertz CT molecular complexity index is 940. The molecule has 2 heterocycles. The molecule has 172 valence electrons. The van der Waals surface area contributed by atoms with Gasteiger partial charge in [-0.25, -0.2) is 0 Å². The van der Waals surface area contributed by atoms with Crippen LogP contribution >= 0.6 is 0 Å². The number of fused-ring (bicyclic) bond motifs is 1. The summed E-state index contributed by atoms with van der Waals surface area (Å²) in [6.07, 6.45) is 5.16. The van der Waals surface area contributed by atoms with Crippen molar-refractivity contribution >= 4 is 11.6 Å². The van der Waals surface area contributed by atoms with E-state index in [1.807, 2.05) is 18.2 Å². The second kappa shape index (κ2) is 10.3. The number of piperidine rings is 1. The molecular weight excluding hydrogens is 402 g/mol. The molecule has 0 aliphatic carbocycles. The Hall–Kier alpha value is -2.73. The predicted octanol–water partition coefficient (Wildman–Crippen LogP) is 3.58. The van der Waals surface area contributed by atoms with E-state index in [0.717, 1.165) is 31.6 Å². The van der Waals surface area contributed by atoms with Gasteiger partial charge < -0.3 is 19.7 Å². The van der Waals surface area contributed by atoms with Crippen LogP contribution in [0.3, 0.4) is 0 Å². The first-order chi connectivity index (χ1) is 15.6. The summed E-state index contributed by atoms with van der Waals surface area (Å²) in [5.74, 6) is 1.34. The quantitative estimate of drug-likeness (QED) is 0.684. The molecule has 2 aromatic rings. The zero-order valence-electron chi connectivity index (χ0n) is 19.5. The van der Waals surface area contributed by atoms with E-state index in [1.165, 1.54) is 36.1 Å². The molecule has 1 amide bonds. The summed E-state index contributed by atoms with van der Waals surface area (Å²) in [6, 6.07) is 12.7. The lowest BCUT2D eigenvalue weighted by atomic mass is 9.98. The molecule has 6 nitrogen and oxygen atoms in total. The second-order valence-electron chi connectivity index (χ2n) is 8.84. The van der Waals surface area contributed by atoms with Gasteiger partial charge in [-0.15, -0.1) is 0 Å². The van der Waals surface area contributed by atoms with Gasteiger partial charge in [-0.3, -0.25) is 9.69 Å². The van der Waals surface area contributed by atoms with Gasteiger partial charge in [0.2, 0.25) is 5.91 Å². The van der Waals surface area contributed by atoms with E-state index in [0.29, 0.717) is 24.5 Å². The highest BCUT2D eigenvalue weighted by Crippen LogP contribution is 2.32. The highest BCUT2D eigenvalue weighted by molar-refractivity contribution is 5.78. The number of amides is 1. The van der Waals surface area contributed by atoms with E-state index in [4.69, 9.17) is 9.47 Å². The number of anilines is 1. The molecule has 0 aromatic heterocycles. The van der Waals surface area contributed by atoms with Crippen molar-refractivity contribution in [2.45, 2.75) is 38.1 Å². The lowest BCUT2D eigenvalue weighted by Gasteiger charge is -2.35. The third-order valence-electron chi connectivity index (χ3n) is 6.75. The van der Waals surface area contributed by atoms with Crippen LogP contribution in [0.1, 0.15) is 42.0 Å². The van der Waals surface area contributed by atoms with Crippen molar-refractivity contribution in [2.75, 3.05) is 52.3 Å². The van der Waals surface area contributed by atoms with Crippen molar-refractivity contribution < 1.29 is 14.3 Å². The van der Waals surface area contributed by atoms with E-state index < -0.39 is 0 Å². The monoisotopic (exact) mass is 437 g/mol. The van der Waals surface area contributed by atoms with Crippen molar-refractivity contribution in [1.82, 2.24) is 10.2 Å². The molecule has 2 aromatic carbocycles. The van der Waals surface area contributed by atoms with Gasteiger partial charge in [0.1, 0.15) is 0 Å². The zero-order chi connectivity index (χ0) is 22.5. The number of methoxy groups -OCH3 is 2. The maximum absolute atomic E-state index is 12.8. The van der Waals surface area contributed by atoms with E-state index >= 15 is 0 Å². The van der Waals surface area contributed by atoms with Crippen molar-refractivity contribution in [2.24, 2.45) is 0 Å². The molecule has 0 spiro atoms. The highest BCUT2D eigenvalue weighted by atomic mass is 16.5. The standard InChI is InChI=1S/C26H35N3O3/c1-28-14-11-21-17-20(8-9-22(21)28)23(29-12-5-4-6-13-29)18-27-26(30)16-19-7-10-24(31-2)25(15-19)32-3/h7-10,15,17,23H,4-6,11-14,16,18H2,1-3H3,(H,27,30). The van der Waals surface area contributed by atoms with Gasteiger partial charge in [0.15, 0.2) is 11.5 Å². The minimum absolute atomic E-state index is 0.0279. The van der Waals surface area contributed by atoms with Crippen LogP contribution < -0.4 is 19.7 Å². The van der Waals surface area contributed by atoms with Crippen LogP contribution in [0.4, 0.5) is 5.69 Å². The van der Waals surface area contributed by atoms with Crippen molar-refractivity contribution in [3.05, 3.63) is 53.1 Å². The Morgan fingerprint density at radius 1 is 1.00 bits per heavy atom. The van der Waals surface area contributed by atoms with E-state index in [2.05, 4.69) is 40.4 Å². The Morgan fingerprint density at radius 2 is 1.78 bits per heavy atom. The first kappa shape index (κ1) is 22.5. The number of ether oxygens (including phenoxy) is 2. The Labute approximate surface area is 191 Å². The largest absolute Gasteiger partial charge is 0.493 e. The summed E-state index contributed by atoms with van der Waals surface area (Å²) in [4.78, 5) is 17.7. The fourth-order valence-corrected chi connectivity index (χ4v) is 4.93. The topological polar surface area (TPSA) is 54.0 Å². The number of likely N-dealkylation sites (tertiary alicyclic amines) is 1. The Morgan fingerprint density at radius 3 is 2.53 bits per heavy atom. The number of benzene rings is 2. The maximum Gasteiger partial charge on any atom is 0.224 e. The van der Waals surface area contributed by atoms with Crippen LogP contribution in [0, 0.1) is 0 Å². The van der Waals surface area contributed by atoms with Crippen molar-refractivity contribution in [1.29, 1.82) is 0 Å². The molecule has 4 rings (SSSR count). The number of hydrogen-bond donors (Lipinski definition) is 1. The van der Waals surface area contributed by atoms with Gasteiger partial charge >= 0.3 is 0 Å². The van der Waals surface area contributed by atoms with E-state index in [-0.39, 0.29) is 11.9 Å². The fourth-order valence-electron chi connectivity index (χ4n) is 4.93. The molecule has 1 N–H and O–H groups in total. The third-order valence-corrected chi connectivity index (χ3v) is 6.75. The number of rotatable bonds is 8. The molecule has 0 saturated carbocycles. The summed E-state index contributed by atoms with van der Waals surface area (Å²) in [5.41, 5.74) is 4.98. The molecule has 6 heteroatoms. The summed E-state index contributed by atoms with van der Waals surface area (Å²) >= 11 is 0. The van der Waals surface area contributed by atoms with Crippen LogP contribution in [0.15, 0.2) is 36.4 Å². The van der Waals surface area contributed by atoms with Gasteiger partial charge in [0, 0.05) is 25.8 Å². The predicted molar refractivity (Wildman–Crippen MR) is 128 cm³/mol. The van der Waals surface area contributed by atoms with Crippen molar-refractivity contribution in [3.63, 3.8) is 0 Å². The Balaban J connectivity index is 1.45. The Kier molecular flexibility index (Phi) is 7.20. The van der Waals surface area contributed by atoms with Gasteiger partial charge in [0.25, 0.3) is 0 Å². The summed E-state index contributed by atoms with van der Waals surface area (Å²) in [6.45, 7) is 3.89. The lowest BCUT2D eigenvalue weighted by Crippen LogP contribution is -2.41. The number of carbonyl (C=O) groups excluding carboxylic acids is 1. The fraction of sp³-hybridized carbons (Fsp3) is 0.500. The smallest absolute Gasteiger partial charge is 0.224 e. The third kappa shape index (κ3) is 5.01. The van der Waals surface area contributed by atoms with Crippen molar-refractivity contribution in [3.8, 4) is 11.5 Å². The van der Waals surface area contributed by atoms with Gasteiger partial charge in [0.05, 0.1) is 26.7 Å². The van der Waals surface area contributed by atoms with Crippen LogP contribution in [-0.4, -0.2) is 58.3 Å². The first-order valence-electron chi connectivity index (χ1n) is 11.6. The number of likely N-dealkylation sites (N-methyl/N-ethyl adjacent to an activating group) is 1. The molecule has 0 bridgehead atoms. The van der Waals surface area contributed by atoms with Gasteiger partial charge in [-0.05, 0) is 67.2 Å². The normalized spacial score (nSPS) is 17.0. The minimum atomic E-state index is 0.0279. The lowest BCUT2D eigenvalue weighted by molar-refractivity contribution is -0.120. The molecule has 1 unspecified atom stereocenters. The average molecular weight is 438 g/mol. The first-order valence-corrected chi connectivity index (χ1v) is 11.6. The molecule has 1 saturated heterocycles. The molecule has 1 fully saturated rings. The molecular formula is C26H35N3O3. The SMILES string of the molecule is COc1ccc(CC(=O)NCC(c2ccc3c(c2)CCN3C)N2CCCCC2)cc1OC. The molecule has 32 heavy (non-hydrogen) atoms. The number of hydrogen-bond acceptors (Lipinski definition) is 5. The molecule has 1 atom stereocenters. The van der Waals surface area contributed by atoms with Crippen LogP contribution in [0.2, 0.25) is 0 Å². The van der Waals surface area contributed by atoms with Crippen LogP contribution in [0.5, 0.6) is 11.5 Å². The number of nitrogens with zero attached hydrogens (tertiary/aromatic N) is 2. The summed E-state index contributed by atoms with van der Waals surface area (Å²) in [7, 11) is 5.38. The minimum Gasteiger partial charge on any atom is -0.493 e.